The lowest BCUT2D eigenvalue weighted by Gasteiger charge is -2.35. The summed E-state index contributed by atoms with van der Waals surface area (Å²) < 4.78 is 3.72. The molecule has 1 fully saturated rings. The van der Waals surface area contributed by atoms with Crippen molar-refractivity contribution < 1.29 is 4.79 Å². The number of aryl methyl sites for hydroxylation is 1. The first-order valence-corrected chi connectivity index (χ1v) is 10.2. The van der Waals surface area contributed by atoms with Crippen molar-refractivity contribution in [3.05, 3.63) is 72.8 Å². The molecule has 0 aliphatic carbocycles. The second-order valence-electron chi connectivity index (χ2n) is 7.71. The van der Waals surface area contributed by atoms with Gasteiger partial charge in [0.15, 0.2) is 0 Å². The Labute approximate surface area is 175 Å². The molecule has 7 nitrogen and oxygen atoms in total. The van der Waals surface area contributed by atoms with Crippen LogP contribution in [-0.4, -0.2) is 56.4 Å². The van der Waals surface area contributed by atoms with Crippen molar-refractivity contribution >= 4 is 17.1 Å². The number of nitrogens with zero attached hydrogens (tertiary/aromatic N) is 6. The van der Waals surface area contributed by atoms with E-state index in [1.54, 1.807) is 4.68 Å². The maximum atomic E-state index is 12.6. The Hall–Kier alpha value is -3.61. The fraction of sp³-hybridized carbons (Fsp3) is 0.261. The lowest BCUT2D eigenvalue weighted by molar-refractivity contribution is -0.130. The van der Waals surface area contributed by atoms with E-state index in [2.05, 4.69) is 27.2 Å². The minimum atomic E-state index is 0.196. The molecule has 1 aliphatic rings. The van der Waals surface area contributed by atoms with Crippen LogP contribution in [0.2, 0.25) is 0 Å². The summed E-state index contributed by atoms with van der Waals surface area (Å²) in [5.41, 5.74) is 5.41. The number of benzene rings is 1. The summed E-state index contributed by atoms with van der Waals surface area (Å²) in [5, 5.41) is 8.81. The Morgan fingerprint density at radius 3 is 2.43 bits per heavy atom. The number of rotatable bonds is 4. The number of aromatic nitrogens is 4. The van der Waals surface area contributed by atoms with Crippen LogP contribution in [0.25, 0.3) is 16.6 Å². The van der Waals surface area contributed by atoms with Crippen molar-refractivity contribution in [1.82, 2.24) is 24.3 Å². The highest BCUT2D eigenvalue weighted by atomic mass is 16.2. The van der Waals surface area contributed by atoms with Gasteiger partial charge < -0.3 is 9.80 Å². The molecule has 0 bridgehead atoms. The van der Waals surface area contributed by atoms with Gasteiger partial charge in [0.1, 0.15) is 0 Å². The molecule has 1 aromatic carbocycles. The lowest BCUT2D eigenvalue weighted by Crippen LogP contribution is -2.49. The number of anilines is 1. The van der Waals surface area contributed by atoms with E-state index in [1.807, 2.05) is 71.6 Å². The van der Waals surface area contributed by atoms with Gasteiger partial charge in [0.05, 0.1) is 30.0 Å². The van der Waals surface area contributed by atoms with Crippen molar-refractivity contribution in [3.8, 4) is 11.1 Å². The zero-order chi connectivity index (χ0) is 20.5. The van der Waals surface area contributed by atoms with Crippen LogP contribution in [0.3, 0.4) is 0 Å². The van der Waals surface area contributed by atoms with E-state index in [1.165, 1.54) is 0 Å². The molecular weight excluding hydrogens is 376 g/mol. The molecule has 3 aromatic heterocycles. The number of pyridine rings is 1. The van der Waals surface area contributed by atoms with Gasteiger partial charge in [-0.25, -0.2) is 4.52 Å². The number of fused-ring (bicyclic) bond motifs is 1. The molecule has 5 rings (SSSR count). The predicted molar refractivity (Wildman–Crippen MR) is 116 cm³/mol. The maximum absolute atomic E-state index is 12.6. The van der Waals surface area contributed by atoms with Crippen LogP contribution in [0.5, 0.6) is 0 Å². The van der Waals surface area contributed by atoms with Crippen molar-refractivity contribution in [2.24, 2.45) is 7.05 Å². The van der Waals surface area contributed by atoms with Crippen LogP contribution in [0.4, 0.5) is 5.69 Å². The van der Waals surface area contributed by atoms with E-state index < -0.39 is 0 Å². The molecule has 0 N–H and O–H groups in total. The Balaban J connectivity index is 1.27. The molecule has 4 aromatic rings. The molecule has 4 heterocycles. The van der Waals surface area contributed by atoms with Crippen molar-refractivity contribution in [2.45, 2.75) is 6.42 Å². The second kappa shape index (κ2) is 7.67. The van der Waals surface area contributed by atoms with E-state index in [0.29, 0.717) is 6.42 Å². The smallest absolute Gasteiger partial charge is 0.227 e. The molecule has 1 aliphatic heterocycles. The van der Waals surface area contributed by atoms with Crippen molar-refractivity contribution in [1.29, 1.82) is 0 Å². The van der Waals surface area contributed by atoms with Crippen LogP contribution < -0.4 is 4.90 Å². The average molecular weight is 400 g/mol. The first kappa shape index (κ1) is 18.4. The topological polar surface area (TPSA) is 58.7 Å². The molecule has 0 unspecified atom stereocenters. The molecule has 1 amide bonds. The Kier molecular flexibility index (Phi) is 4.71. The molecular formula is C23H24N6O. The molecule has 0 saturated carbocycles. The third-order valence-electron chi connectivity index (χ3n) is 5.71. The second-order valence-corrected chi connectivity index (χ2v) is 7.71. The minimum absolute atomic E-state index is 0.196. The van der Waals surface area contributed by atoms with E-state index >= 15 is 0 Å². The van der Waals surface area contributed by atoms with Crippen LogP contribution >= 0.6 is 0 Å². The largest absolute Gasteiger partial charge is 0.365 e. The summed E-state index contributed by atoms with van der Waals surface area (Å²) >= 11 is 0. The highest BCUT2D eigenvalue weighted by Gasteiger charge is 2.23. The molecule has 30 heavy (non-hydrogen) atoms. The number of piperazine rings is 1. The highest BCUT2D eigenvalue weighted by Crippen LogP contribution is 2.26. The molecule has 0 spiro atoms. The third-order valence-corrected chi connectivity index (χ3v) is 5.71. The monoisotopic (exact) mass is 400 g/mol. The minimum Gasteiger partial charge on any atom is -0.365 e. The molecule has 1 saturated heterocycles. The van der Waals surface area contributed by atoms with Crippen LogP contribution in [0.1, 0.15) is 5.56 Å². The zero-order valence-electron chi connectivity index (χ0n) is 17.0. The van der Waals surface area contributed by atoms with Gasteiger partial charge in [-0.15, -0.1) is 0 Å². The Morgan fingerprint density at radius 1 is 0.900 bits per heavy atom. The normalized spacial score (nSPS) is 14.4. The molecule has 0 radical (unpaired) electrons. The van der Waals surface area contributed by atoms with Crippen LogP contribution in [0.15, 0.2) is 67.3 Å². The average Bonchev–Trinajstić information content (AvgIpc) is 3.40. The summed E-state index contributed by atoms with van der Waals surface area (Å²) in [4.78, 5) is 16.9. The quantitative estimate of drug-likeness (QED) is 0.528. The van der Waals surface area contributed by atoms with Crippen LogP contribution in [0, 0.1) is 0 Å². The first-order valence-electron chi connectivity index (χ1n) is 10.2. The summed E-state index contributed by atoms with van der Waals surface area (Å²) in [6.45, 7) is 3.09. The van der Waals surface area contributed by atoms with Gasteiger partial charge in [-0.2, -0.15) is 10.2 Å². The number of hydrogen-bond donors (Lipinski definition) is 0. The lowest BCUT2D eigenvalue weighted by atomic mass is 10.1. The predicted octanol–water partition coefficient (Wildman–Crippen LogP) is 2.63. The third kappa shape index (κ3) is 3.54. The van der Waals surface area contributed by atoms with Gasteiger partial charge >= 0.3 is 0 Å². The van der Waals surface area contributed by atoms with E-state index in [-0.39, 0.29) is 5.91 Å². The van der Waals surface area contributed by atoms with Gasteiger partial charge in [0.2, 0.25) is 5.91 Å². The molecule has 7 heteroatoms. The summed E-state index contributed by atoms with van der Waals surface area (Å²) in [6, 6.07) is 14.2. The van der Waals surface area contributed by atoms with Gasteiger partial charge in [-0.1, -0.05) is 36.4 Å². The first-order chi connectivity index (χ1) is 14.7. The SMILES string of the molecule is Cn1cc(-c2ccc3c(N4CCN(C(=O)Cc5ccccc5)CC4)cnn3c2)cn1. The summed E-state index contributed by atoms with van der Waals surface area (Å²) in [6.07, 6.45) is 8.28. The highest BCUT2D eigenvalue weighted by molar-refractivity contribution is 5.80. The number of carbonyl (C=O) groups excluding carboxylic acids is 1. The number of hydrogen-bond acceptors (Lipinski definition) is 4. The standard InChI is InChI=1S/C23H24N6O/c1-26-16-20(14-24-26)19-7-8-21-22(15-25-29(21)17-19)27-9-11-28(12-10-27)23(30)13-18-5-3-2-4-6-18/h2-8,14-17H,9-13H2,1H3. The number of carbonyl (C=O) groups is 1. The van der Waals surface area contributed by atoms with Crippen molar-refractivity contribution in [3.63, 3.8) is 0 Å². The van der Waals surface area contributed by atoms with Gasteiger partial charge in [0.25, 0.3) is 0 Å². The Bertz CT molecular complexity index is 1170. The fourth-order valence-electron chi connectivity index (χ4n) is 4.03. The van der Waals surface area contributed by atoms with Crippen molar-refractivity contribution in [2.75, 3.05) is 31.1 Å². The zero-order valence-corrected chi connectivity index (χ0v) is 17.0. The number of amides is 1. The molecule has 152 valence electrons. The summed E-state index contributed by atoms with van der Waals surface area (Å²) in [5.74, 6) is 0.196. The van der Waals surface area contributed by atoms with E-state index in [0.717, 1.165) is 54.1 Å². The van der Waals surface area contributed by atoms with Gasteiger partial charge in [0, 0.05) is 56.7 Å². The van der Waals surface area contributed by atoms with Gasteiger partial charge in [-0.05, 0) is 11.6 Å². The van der Waals surface area contributed by atoms with E-state index in [4.69, 9.17) is 0 Å². The van der Waals surface area contributed by atoms with E-state index in [9.17, 15) is 4.79 Å². The fourth-order valence-corrected chi connectivity index (χ4v) is 4.03. The van der Waals surface area contributed by atoms with Crippen LogP contribution in [-0.2, 0) is 18.3 Å². The maximum Gasteiger partial charge on any atom is 0.227 e. The summed E-state index contributed by atoms with van der Waals surface area (Å²) in [7, 11) is 1.91. The van der Waals surface area contributed by atoms with Gasteiger partial charge in [-0.3, -0.25) is 9.48 Å². The molecule has 0 atom stereocenters. The Morgan fingerprint density at radius 2 is 1.70 bits per heavy atom.